The van der Waals surface area contributed by atoms with Crippen molar-refractivity contribution in [3.8, 4) is 5.75 Å². The van der Waals surface area contributed by atoms with Crippen LogP contribution >= 0.6 is 0 Å². The molecule has 0 unspecified atom stereocenters. The molecule has 1 aliphatic heterocycles. The van der Waals surface area contributed by atoms with E-state index in [9.17, 15) is 13.5 Å². The summed E-state index contributed by atoms with van der Waals surface area (Å²) in [6, 6.07) is 2.84. The molecule has 0 aromatic heterocycles. The Balaban J connectivity index is 2.52. The fraction of sp³-hybridized carbons (Fsp3) is 0.625. The van der Waals surface area contributed by atoms with E-state index in [0.29, 0.717) is 16.9 Å². The lowest BCUT2D eigenvalue weighted by Crippen LogP contribution is -2.57. The van der Waals surface area contributed by atoms with E-state index < -0.39 is 21.7 Å². The van der Waals surface area contributed by atoms with Crippen molar-refractivity contribution >= 4 is 10.0 Å². The molecule has 1 aromatic rings. The second kappa shape index (κ2) is 6.39. The van der Waals surface area contributed by atoms with Gasteiger partial charge in [-0.2, -0.15) is 4.31 Å². The second-order valence-corrected chi connectivity index (χ2v) is 8.38. The SMILES string of the molecule is COc1cc(C)c(S(=O)(=O)N2CC(C)(C)OC[C@H]2CO)c(C)c1. The van der Waals surface area contributed by atoms with Crippen LogP contribution in [-0.2, 0) is 14.8 Å². The van der Waals surface area contributed by atoms with E-state index in [4.69, 9.17) is 9.47 Å². The molecule has 0 radical (unpaired) electrons. The fourth-order valence-electron chi connectivity index (χ4n) is 2.93. The second-order valence-electron chi connectivity index (χ2n) is 6.55. The smallest absolute Gasteiger partial charge is 0.244 e. The molecule has 0 saturated carbocycles. The molecule has 1 heterocycles. The van der Waals surface area contributed by atoms with Crippen molar-refractivity contribution in [2.24, 2.45) is 0 Å². The molecule has 1 aromatic carbocycles. The van der Waals surface area contributed by atoms with Crippen LogP contribution in [0.2, 0.25) is 0 Å². The number of aliphatic hydroxyl groups excluding tert-OH is 1. The molecule has 23 heavy (non-hydrogen) atoms. The molecular weight excluding hydrogens is 318 g/mol. The Morgan fingerprint density at radius 2 is 1.91 bits per heavy atom. The topological polar surface area (TPSA) is 76.1 Å². The number of aliphatic hydroxyl groups is 1. The number of rotatable bonds is 4. The summed E-state index contributed by atoms with van der Waals surface area (Å²) in [6.45, 7) is 7.30. The highest BCUT2D eigenvalue weighted by Gasteiger charge is 2.41. The van der Waals surface area contributed by atoms with Crippen molar-refractivity contribution in [3.05, 3.63) is 23.3 Å². The van der Waals surface area contributed by atoms with E-state index in [1.165, 1.54) is 4.31 Å². The third-order valence-corrected chi connectivity index (χ3v) is 6.26. The van der Waals surface area contributed by atoms with Crippen LogP contribution in [0.15, 0.2) is 17.0 Å². The van der Waals surface area contributed by atoms with E-state index in [0.717, 1.165) is 0 Å². The highest BCUT2D eigenvalue weighted by Crippen LogP contribution is 2.32. The van der Waals surface area contributed by atoms with Crippen LogP contribution in [0.5, 0.6) is 5.75 Å². The number of methoxy groups -OCH3 is 1. The minimum atomic E-state index is -3.74. The van der Waals surface area contributed by atoms with Gasteiger partial charge in [-0.05, 0) is 51.0 Å². The van der Waals surface area contributed by atoms with Gasteiger partial charge in [-0.25, -0.2) is 8.42 Å². The van der Waals surface area contributed by atoms with Gasteiger partial charge in [0.2, 0.25) is 10.0 Å². The molecule has 0 amide bonds. The molecular formula is C16H25NO5S. The minimum Gasteiger partial charge on any atom is -0.497 e. The van der Waals surface area contributed by atoms with Crippen LogP contribution in [0.4, 0.5) is 0 Å². The van der Waals surface area contributed by atoms with Gasteiger partial charge in [-0.15, -0.1) is 0 Å². The van der Waals surface area contributed by atoms with E-state index in [1.54, 1.807) is 33.1 Å². The van der Waals surface area contributed by atoms with Gasteiger partial charge in [0, 0.05) is 6.54 Å². The lowest BCUT2D eigenvalue weighted by atomic mass is 10.1. The van der Waals surface area contributed by atoms with Crippen molar-refractivity contribution in [1.82, 2.24) is 4.31 Å². The minimum absolute atomic E-state index is 0.178. The molecule has 1 atom stereocenters. The predicted octanol–water partition coefficient (Wildman–Crippen LogP) is 1.47. The van der Waals surface area contributed by atoms with Gasteiger partial charge in [0.25, 0.3) is 0 Å². The van der Waals surface area contributed by atoms with Gasteiger partial charge >= 0.3 is 0 Å². The summed E-state index contributed by atoms with van der Waals surface area (Å²) in [7, 11) is -2.19. The van der Waals surface area contributed by atoms with Gasteiger partial charge in [0.05, 0.1) is 36.9 Å². The van der Waals surface area contributed by atoms with E-state index in [-0.39, 0.29) is 24.7 Å². The Labute approximate surface area is 138 Å². The lowest BCUT2D eigenvalue weighted by Gasteiger charge is -2.42. The molecule has 2 rings (SSSR count). The van der Waals surface area contributed by atoms with Crippen LogP contribution in [0.25, 0.3) is 0 Å². The first-order valence-electron chi connectivity index (χ1n) is 7.54. The molecule has 0 aliphatic carbocycles. The van der Waals surface area contributed by atoms with Crippen molar-refractivity contribution in [3.63, 3.8) is 0 Å². The summed E-state index contributed by atoms with van der Waals surface area (Å²) in [5, 5.41) is 9.56. The van der Waals surface area contributed by atoms with E-state index in [2.05, 4.69) is 0 Å². The lowest BCUT2D eigenvalue weighted by molar-refractivity contribution is -0.0972. The molecule has 6 nitrogen and oxygen atoms in total. The molecule has 1 aliphatic rings. The number of sulfonamides is 1. The summed E-state index contributed by atoms with van der Waals surface area (Å²) in [4.78, 5) is 0.273. The summed E-state index contributed by atoms with van der Waals surface area (Å²) in [5.74, 6) is 0.625. The Kier molecular flexibility index (Phi) is 5.06. The number of hydrogen-bond donors (Lipinski definition) is 1. The Hall–Kier alpha value is -1.15. The van der Waals surface area contributed by atoms with Crippen LogP contribution in [0, 0.1) is 13.8 Å². The van der Waals surface area contributed by atoms with Gasteiger partial charge in [-0.1, -0.05) is 0 Å². The van der Waals surface area contributed by atoms with Gasteiger partial charge < -0.3 is 14.6 Å². The average molecular weight is 343 g/mol. The van der Waals surface area contributed by atoms with Crippen molar-refractivity contribution in [2.75, 3.05) is 26.9 Å². The van der Waals surface area contributed by atoms with Crippen molar-refractivity contribution in [1.29, 1.82) is 0 Å². The van der Waals surface area contributed by atoms with Crippen molar-refractivity contribution < 1.29 is 23.0 Å². The zero-order chi connectivity index (χ0) is 17.4. The Morgan fingerprint density at radius 3 is 2.39 bits per heavy atom. The zero-order valence-corrected chi connectivity index (χ0v) is 15.1. The van der Waals surface area contributed by atoms with E-state index >= 15 is 0 Å². The summed E-state index contributed by atoms with van der Waals surface area (Å²) < 4.78 is 38.6. The molecule has 1 saturated heterocycles. The Morgan fingerprint density at radius 1 is 1.35 bits per heavy atom. The maximum absolute atomic E-state index is 13.2. The molecule has 0 spiro atoms. The molecule has 1 N–H and O–H groups in total. The summed E-state index contributed by atoms with van der Waals surface area (Å²) >= 11 is 0. The highest BCUT2D eigenvalue weighted by molar-refractivity contribution is 7.89. The fourth-order valence-corrected chi connectivity index (χ4v) is 5.10. The largest absolute Gasteiger partial charge is 0.497 e. The maximum atomic E-state index is 13.2. The van der Waals surface area contributed by atoms with Crippen LogP contribution < -0.4 is 4.74 Å². The van der Waals surface area contributed by atoms with Gasteiger partial charge in [0.1, 0.15) is 5.75 Å². The number of aryl methyl sites for hydroxylation is 2. The summed E-state index contributed by atoms with van der Waals surface area (Å²) in [5.41, 5.74) is 0.665. The molecule has 7 heteroatoms. The van der Waals surface area contributed by atoms with Gasteiger partial charge in [-0.3, -0.25) is 0 Å². The van der Waals surface area contributed by atoms with Crippen LogP contribution in [-0.4, -0.2) is 56.3 Å². The maximum Gasteiger partial charge on any atom is 0.244 e. The third-order valence-electron chi connectivity index (χ3n) is 4.06. The number of benzene rings is 1. The zero-order valence-electron chi connectivity index (χ0n) is 14.3. The van der Waals surface area contributed by atoms with Crippen molar-refractivity contribution in [2.45, 2.75) is 44.2 Å². The summed E-state index contributed by atoms with van der Waals surface area (Å²) in [6.07, 6.45) is 0. The Bertz CT molecular complexity index is 661. The number of hydrogen-bond acceptors (Lipinski definition) is 5. The number of morpholine rings is 1. The highest BCUT2D eigenvalue weighted by atomic mass is 32.2. The first-order valence-corrected chi connectivity index (χ1v) is 8.98. The number of nitrogens with zero attached hydrogens (tertiary/aromatic N) is 1. The number of ether oxygens (including phenoxy) is 2. The normalized spacial score (nSPS) is 22.1. The van der Waals surface area contributed by atoms with Crippen LogP contribution in [0.3, 0.4) is 0 Å². The predicted molar refractivity (Wildman–Crippen MR) is 87.3 cm³/mol. The van der Waals surface area contributed by atoms with Gasteiger partial charge in [0.15, 0.2) is 0 Å². The third kappa shape index (κ3) is 3.52. The van der Waals surface area contributed by atoms with Crippen LogP contribution in [0.1, 0.15) is 25.0 Å². The molecule has 130 valence electrons. The standard InChI is InChI=1S/C16H25NO5S/c1-11-6-14(21-5)7-12(2)15(11)23(19,20)17-10-16(3,4)22-9-13(17)8-18/h6-7,13,18H,8-10H2,1-5H3/t13-/m1/s1. The monoisotopic (exact) mass is 343 g/mol. The quantitative estimate of drug-likeness (QED) is 0.896. The first-order chi connectivity index (χ1) is 10.6. The first kappa shape index (κ1) is 18.2. The molecule has 0 bridgehead atoms. The average Bonchev–Trinajstić information content (AvgIpc) is 2.45. The van der Waals surface area contributed by atoms with E-state index in [1.807, 2.05) is 13.8 Å². The molecule has 1 fully saturated rings.